The number of furan rings is 1. The Kier molecular flexibility index (Phi) is 8.33. The van der Waals surface area contributed by atoms with Crippen LogP contribution in [0.3, 0.4) is 0 Å². The summed E-state index contributed by atoms with van der Waals surface area (Å²) >= 11 is 17.6. The highest BCUT2D eigenvalue weighted by molar-refractivity contribution is 6.42. The highest BCUT2D eigenvalue weighted by Gasteiger charge is 2.15. The van der Waals surface area contributed by atoms with Crippen molar-refractivity contribution in [1.82, 2.24) is 5.32 Å². The van der Waals surface area contributed by atoms with Crippen molar-refractivity contribution in [2.24, 2.45) is 0 Å². The molecule has 0 aliphatic rings. The molecule has 0 atom stereocenters. The summed E-state index contributed by atoms with van der Waals surface area (Å²) in [5, 5.41) is 17.7. The van der Waals surface area contributed by atoms with Gasteiger partial charge in [0.25, 0.3) is 5.91 Å². The van der Waals surface area contributed by atoms with E-state index in [1.54, 1.807) is 24.3 Å². The first-order valence-corrected chi connectivity index (χ1v) is 10.7. The van der Waals surface area contributed by atoms with E-state index in [0.29, 0.717) is 27.2 Å². The van der Waals surface area contributed by atoms with E-state index < -0.39 is 17.7 Å². The Morgan fingerprint density at radius 2 is 1.62 bits per heavy atom. The molecule has 11 heteroatoms. The number of hydrogen-bond acceptors (Lipinski definition) is 5. The monoisotopic (exact) mass is 516 g/mol. The lowest BCUT2D eigenvalue weighted by Crippen LogP contribution is -2.34. The fourth-order valence-electron chi connectivity index (χ4n) is 2.63. The lowest BCUT2D eigenvalue weighted by molar-refractivity contribution is -0.136. The van der Waals surface area contributed by atoms with Gasteiger partial charge in [0.15, 0.2) is 0 Å². The first-order valence-electron chi connectivity index (χ1n) is 9.57. The quantitative estimate of drug-likeness (QED) is 0.240. The van der Waals surface area contributed by atoms with E-state index in [1.807, 2.05) is 0 Å². The van der Waals surface area contributed by atoms with E-state index in [9.17, 15) is 19.6 Å². The smallest absolute Gasteiger partial charge is 0.313 e. The van der Waals surface area contributed by atoms with Crippen LogP contribution in [0.4, 0.5) is 11.4 Å². The number of carbonyl (C=O) groups is 3. The first kappa shape index (κ1) is 24.9. The number of benzene rings is 2. The number of rotatable bonds is 6. The van der Waals surface area contributed by atoms with Gasteiger partial charge in [-0.1, -0.05) is 40.9 Å². The molecule has 0 aliphatic heterocycles. The molecule has 34 heavy (non-hydrogen) atoms. The third-order valence-corrected chi connectivity index (χ3v) is 5.20. The molecule has 0 radical (unpaired) electrons. The number of nitrogens with zero attached hydrogens (tertiary/aromatic N) is 1. The van der Waals surface area contributed by atoms with Crippen molar-refractivity contribution < 1.29 is 18.8 Å². The van der Waals surface area contributed by atoms with Crippen molar-refractivity contribution in [2.75, 3.05) is 10.6 Å². The van der Waals surface area contributed by atoms with Gasteiger partial charge in [0.05, 0.1) is 16.6 Å². The fourth-order valence-corrected chi connectivity index (χ4v) is 3.12. The lowest BCUT2D eigenvalue weighted by Gasteiger charge is -2.06. The molecule has 3 amide bonds. The Balaban J connectivity index is 1.58. The SMILES string of the molecule is N#C/C(=C/c1ccc(CNC(=O)C(=O)Nc2cccc(Cl)c2)o1)C(=O)Nc1ccc(Cl)c(Cl)c1. The molecule has 3 aromatic rings. The third kappa shape index (κ3) is 6.86. The van der Waals surface area contributed by atoms with Crippen LogP contribution in [-0.2, 0) is 20.9 Å². The number of nitrogens with one attached hydrogen (secondary N) is 3. The maximum absolute atomic E-state index is 12.4. The van der Waals surface area contributed by atoms with E-state index >= 15 is 0 Å². The van der Waals surface area contributed by atoms with Gasteiger partial charge in [0.1, 0.15) is 23.2 Å². The van der Waals surface area contributed by atoms with Crippen molar-refractivity contribution in [3.63, 3.8) is 0 Å². The molecule has 0 bridgehead atoms. The zero-order valence-electron chi connectivity index (χ0n) is 17.2. The number of hydrogen-bond donors (Lipinski definition) is 3. The normalized spacial score (nSPS) is 10.8. The molecule has 3 N–H and O–H groups in total. The van der Waals surface area contributed by atoms with Gasteiger partial charge in [-0.15, -0.1) is 0 Å². The predicted octanol–water partition coefficient (Wildman–Crippen LogP) is 5.04. The number of anilines is 2. The number of halogens is 3. The second-order valence-corrected chi connectivity index (χ2v) is 7.95. The van der Waals surface area contributed by atoms with Crippen LogP contribution in [0.2, 0.25) is 15.1 Å². The first-order chi connectivity index (χ1) is 16.2. The van der Waals surface area contributed by atoms with Crippen molar-refractivity contribution in [3.05, 3.63) is 86.8 Å². The van der Waals surface area contributed by atoms with Crippen molar-refractivity contribution in [2.45, 2.75) is 6.54 Å². The Morgan fingerprint density at radius 1 is 0.882 bits per heavy atom. The molecular weight excluding hydrogens is 503 g/mol. The second kappa shape index (κ2) is 11.4. The molecule has 0 saturated heterocycles. The summed E-state index contributed by atoms with van der Waals surface area (Å²) in [6.45, 7) is -0.0903. The Hall–Kier alpha value is -3.77. The van der Waals surface area contributed by atoms with Gasteiger partial charge >= 0.3 is 11.8 Å². The van der Waals surface area contributed by atoms with Crippen LogP contribution in [0, 0.1) is 11.3 Å². The summed E-state index contributed by atoms with van der Waals surface area (Å²) in [5.74, 6) is -1.93. The molecule has 172 valence electrons. The van der Waals surface area contributed by atoms with Crippen LogP contribution in [-0.4, -0.2) is 17.7 Å². The van der Waals surface area contributed by atoms with Crippen LogP contribution in [0.15, 0.2) is 64.6 Å². The number of carbonyl (C=O) groups excluding carboxylic acids is 3. The van der Waals surface area contributed by atoms with Crippen LogP contribution < -0.4 is 16.0 Å². The zero-order chi connectivity index (χ0) is 24.7. The maximum Gasteiger partial charge on any atom is 0.313 e. The van der Waals surface area contributed by atoms with Gasteiger partial charge in [-0.25, -0.2) is 0 Å². The van der Waals surface area contributed by atoms with E-state index in [4.69, 9.17) is 39.2 Å². The minimum atomic E-state index is -0.882. The second-order valence-electron chi connectivity index (χ2n) is 6.70. The highest BCUT2D eigenvalue weighted by Crippen LogP contribution is 2.25. The molecule has 0 fully saturated rings. The molecule has 0 unspecified atom stereocenters. The average Bonchev–Trinajstić information content (AvgIpc) is 3.25. The fraction of sp³-hybridized carbons (Fsp3) is 0.0435. The lowest BCUT2D eigenvalue weighted by atomic mass is 10.2. The van der Waals surface area contributed by atoms with E-state index in [0.717, 1.165) is 0 Å². The van der Waals surface area contributed by atoms with Crippen LogP contribution in [0.1, 0.15) is 11.5 Å². The van der Waals surface area contributed by atoms with Gasteiger partial charge in [0, 0.05) is 22.5 Å². The largest absolute Gasteiger partial charge is 0.460 e. The Bertz CT molecular complexity index is 1330. The maximum atomic E-state index is 12.4. The summed E-state index contributed by atoms with van der Waals surface area (Å²) in [6, 6.07) is 15.7. The molecule has 3 rings (SSSR count). The van der Waals surface area contributed by atoms with Gasteiger partial charge < -0.3 is 20.4 Å². The molecule has 1 aromatic heterocycles. The predicted molar refractivity (Wildman–Crippen MR) is 129 cm³/mol. The van der Waals surface area contributed by atoms with Crippen LogP contribution in [0.25, 0.3) is 6.08 Å². The summed E-state index contributed by atoms with van der Waals surface area (Å²) in [6.07, 6.45) is 1.24. The Labute approximate surface area is 209 Å². The summed E-state index contributed by atoms with van der Waals surface area (Å²) in [4.78, 5) is 36.4. The third-order valence-electron chi connectivity index (χ3n) is 4.22. The summed E-state index contributed by atoms with van der Waals surface area (Å²) in [7, 11) is 0. The van der Waals surface area contributed by atoms with Gasteiger partial charge in [-0.2, -0.15) is 5.26 Å². The number of nitriles is 1. The zero-order valence-corrected chi connectivity index (χ0v) is 19.5. The van der Waals surface area contributed by atoms with Crippen molar-refractivity contribution >= 4 is 70.0 Å². The summed E-state index contributed by atoms with van der Waals surface area (Å²) < 4.78 is 5.51. The molecule has 8 nitrogen and oxygen atoms in total. The molecular formula is C23H15Cl3N4O4. The van der Waals surface area contributed by atoms with E-state index in [1.165, 1.54) is 42.5 Å². The average molecular weight is 518 g/mol. The number of amides is 3. The van der Waals surface area contributed by atoms with Gasteiger partial charge in [-0.3, -0.25) is 14.4 Å². The molecule has 2 aromatic carbocycles. The molecule has 0 saturated carbocycles. The highest BCUT2D eigenvalue weighted by atomic mass is 35.5. The molecule has 1 heterocycles. The molecule has 0 spiro atoms. The van der Waals surface area contributed by atoms with Crippen molar-refractivity contribution in [1.29, 1.82) is 5.26 Å². The minimum Gasteiger partial charge on any atom is -0.460 e. The van der Waals surface area contributed by atoms with E-state index in [-0.39, 0.29) is 22.9 Å². The van der Waals surface area contributed by atoms with Crippen LogP contribution in [0.5, 0.6) is 0 Å². The topological polar surface area (TPSA) is 124 Å². The van der Waals surface area contributed by atoms with Crippen LogP contribution >= 0.6 is 34.8 Å². The van der Waals surface area contributed by atoms with Gasteiger partial charge in [-0.05, 0) is 48.5 Å². The minimum absolute atomic E-state index is 0.0903. The van der Waals surface area contributed by atoms with Crippen molar-refractivity contribution in [3.8, 4) is 6.07 Å². The standard InChI is InChI=1S/C23H15Cl3N4O4/c24-14-2-1-3-15(9-14)30-23(33)22(32)28-12-18-6-5-17(34-18)8-13(11-27)21(31)29-16-4-7-19(25)20(26)10-16/h1-10H,12H2,(H,28,32)(H,29,31)(H,30,33)/b13-8-. The molecule has 0 aliphatic carbocycles. The van der Waals surface area contributed by atoms with E-state index in [2.05, 4.69) is 16.0 Å². The van der Waals surface area contributed by atoms with Gasteiger partial charge in [0.2, 0.25) is 0 Å². The summed E-state index contributed by atoms with van der Waals surface area (Å²) in [5.41, 5.74) is 0.512. The Morgan fingerprint density at radius 3 is 2.32 bits per heavy atom.